The van der Waals surface area contributed by atoms with Crippen molar-refractivity contribution < 1.29 is 14.9 Å². The molecular weight excluding hydrogens is 264 g/mol. The number of hydrogen-bond acceptors (Lipinski definition) is 3. The summed E-state index contributed by atoms with van der Waals surface area (Å²) in [6.45, 7) is 0. The van der Waals surface area contributed by atoms with Crippen molar-refractivity contribution in [1.82, 2.24) is 0 Å². The smallest absolute Gasteiger partial charge is 0.216 e. The topological polar surface area (TPSA) is 53.0 Å². The highest BCUT2D eigenvalue weighted by Gasteiger charge is 2.36. The van der Waals surface area contributed by atoms with Crippen molar-refractivity contribution in [1.29, 1.82) is 0 Å². The van der Waals surface area contributed by atoms with Crippen LogP contribution in [-0.4, -0.2) is 10.2 Å². The van der Waals surface area contributed by atoms with E-state index >= 15 is 0 Å². The Balaban J connectivity index is 2.07. The van der Waals surface area contributed by atoms with Crippen LogP contribution in [0.15, 0.2) is 60.7 Å². The van der Waals surface area contributed by atoms with Crippen LogP contribution < -0.4 is 4.74 Å². The van der Waals surface area contributed by atoms with E-state index in [2.05, 4.69) is 0 Å². The van der Waals surface area contributed by atoms with Crippen molar-refractivity contribution in [2.45, 2.75) is 0 Å². The third kappa shape index (κ3) is 1.75. The molecule has 3 heteroatoms. The zero-order valence-corrected chi connectivity index (χ0v) is 11.1. The van der Waals surface area contributed by atoms with Gasteiger partial charge in [-0.05, 0) is 11.1 Å². The molecule has 0 aliphatic carbocycles. The molecule has 0 fully saturated rings. The van der Waals surface area contributed by atoms with Gasteiger partial charge in [0.1, 0.15) is 0 Å². The Hall–Kier alpha value is -2.94. The van der Waals surface area contributed by atoms with Gasteiger partial charge in [-0.2, -0.15) is 0 Å². The molecule has 0 spiro atoms. The predicted octanol–water partition coefficient (Wildman–Crippen LogP) is 4.54. The van der Waals surface area contributed by atoms with Gasteiger partial charge in [-0.25, -0.2) is 0 Å². The van der Waals surface area contributed by atoms with Crippen LogP contribution in [0.2, 0.25) is 0 Å². The predicted molar refractivity (Wildman–Crippen MR) is 80.7 cm³/mol. The normalized spacial score (nSPS) is 11.6. The fourth-order valence-electron chi connectivity index (χ4n) is 2.62. The van der Waals surface area contributed by atoms with Crippen molar-refractivity contribution in [3.05, 3.63) is 60.7 Å². The van der Waals surface area contributed by atoms with Crippen molar-refractivity contribution in [2.75, 3.05) is 0 Å². The Morgan fingerprint density at radius 1 is 0.571 bits per heavy atom. The zero-order valence-electron chi connectivity index (χ0n) is 11.1. The molecule has 0 saturated carbocycles. The highest BCUT2D eigenvalue weighted by molar-refractivity contribution is 5.98. The third-order valence-corrected chi connectivity index (χ3v) is 3.65. The Morgan fingerprint density at radius 3 is 1.33 bits per heavy atom. The minimum absolute atomic E-state index is 0.0767. The van der Waals surface area contributed by atoms with Crippen LogP contribution in [0.3, 0.4) is 0 Å². The molecule has 4 rings (SSSR count). The summed E-state index contributed by atoms with van der Waals surface area (Å²) in [5.74, 6) is 0.887. The van der Waals surface area contributed by atoms with Crippen LogP contribution in [0.4, 0.5) is 0 Å². The van der Waals surface area contributed by atoms with Crippen LogP contribution in [0.25, 0.3) is 22.3 Å². The first-order valence-electron chi connectivity index (χ1n) is 6.68. The number of rotatable bonds is 2. The lowest BCUT2D eigenvalue weighted by atomic mass is 9.93. The quantitative estimate of drug-likeness (QED) is 0.417. The summed E-state index contributed by atoms with van der Waals surface area (Å²) in [7, 11) is 0. The molecule has 1 aliphatic heterocycles. The molecule has 2 N–H and O–H groups in total. The minimum atomic E-state index is 0.0767. The van der Waals surface area contributed by atoms with Gasteiger partial charge in [-0.15, -0.1) is 0 Å². The lowest BCUT2D eigenvalue weighted by Crippen LogP contribution is -1.85. The number of aromatic hydroxyl groups is 2. The number of phenols is 2. The third-order valence-electron chi connectivity index (χ3n) is 3.65. The molecule has 0 unspecified atom stereocenters. The van der Waals surface area contributed by atoms with Crippen LogP contribution >= 0.6 is 0 Å². The fourth-order valence-corrected chi connectivity index (χ4v) is 2.62. The summed E-state index contributed by atoms with van der Waals surface area (Å²) in [5.41, 5.74) is 2.86. The van der Waals surface area contributed by atoms with Gasteiger partial charge in [0.05, 0.1) is 0 Å². The molecule has 1 heterocycles. The van der Waals surface area contributed by atoms with Crippen LogP contribution in [0, 0.1) is 0 Å². The van der Waals surface area contributed by atoms with E-state index in [1.54, 1.807) is 0 Å². The number of benzene rings is 3. The maximum absolute atomic E-state index is 10.4. The van der Waals surface area contributed by atoms with Gasteiger partial charge < -0.3 is 14.9 Å². The van der Waals surface area contributed by atoms with Gasteiger partial charge in [-0.3, -0.25) is 0 Å². The molecule has 1 aliphatic rings. The number of hydrogen-bond donors (Lipinski definition) is 2. The van der Waals surface area contributed by atoms with E-state index < -0.39 is 0 Å². The van der Waals surface area contributed by atoms with E-state index in [0.29, 0.717) is 22.6 Å². The van der Waals surface area contributed by atoms with Crippen molar-refractivity contribution in [3.63, 3.8) is 0 Å². The van der Waals surface area contributed by atoms with Crippen LogP contribution in [-0.2, 0) is 0 Å². The lowest BCUT2D eigenvalue weighted by Gasteiger charge is -2.11. The molecule has 102 valence electrons. The van der Waals surface area contributed by atoms with E-state index in [-0.39, 0.29) is 11.5 Å². The van der Waals surface area contributed by atoms with E-state index in [0.717, 1.165) is 11.1 Å². The Labute approximate surface area is 121 Å². The van der Waals surface area contributed by atoms with Gasteiger partial charge in [0.2, 0.25) is 11.5 Å². The van der Waals surface area contributed by atoms with Gasteiger partial charge in [0.15, 0.2) is 11.5 Å². The average molecular weight is 276 g/mol. The second kappa shape index (κ2) is 4.28. The molecule has 3 aromatic carbocycles. The van der Waals surface area contributed by atoms with Crippen molar-refractivity contribution >= 4 is 0 Å². The van der Waals surface area contributed by atoms with E-state index in [4.69, 9.17) is 4.74 Å². The summed E-state index contributed by atoms with van der Waals surface area (Å²) >= 11 is 0. The minimum Gasteiger partial charge on any atom is -0.504 e. The van der Waals surface area contributed by atoms with Gasteiger partial charge in [0, 0.05) is 11.1 Å². The molecule has 0 atom stereocenters. The molecule has 0 radical (unpaired) electrons. The maximum atomic E-state index is 10.4. The van der Waals surface area contributed by atoms with Crippen molar-refractivity contribution in [2.24, 2.45) is 0 Å². The monoisotopic (exact) mass is 276 g/mol. The molecule has 0 saturated heterocycles. The summed E-state index contributed by atoms with van der Waals surface area (Å²) < 4.78 is 5.22. The first kappa shape index (κ1) is 11.9. The molecule has 0 amide bonds. The fraction of sp³-hybridized carbons (Fsp3) is 0. The lowest BCUT2D eigenvalue weighted by molar-refractivity contribution is 0.461. The summed E-state index contributed by atoms with van der Waals surface area (Å²) in [4.78, 5) is 0. The summed E-state index contributed by atoms with van der Waals surface area (Å²) in [6, 6.07) is 19.0. The number of ether oxygens (including phenoxy) is 1. The van der Waals surface area contributed by atoms with Gasteiger partial charge in [0.25, 0.3) is 0 Å². The highest BCUT2D eigenvalue weighted by Crippen LogP contribution is 2.65. The van der Waals surface area contributed by atoms with Crippen molar-refractivity contribution in [3.8, 4) is 45.3 Å². The average Bonchev–Trinajstić information content (AvgIpc) is 3.33. The molecular formula is C18H12O3. The Kier molecular flexibility index (Phi) is 2.42. The first-order chi connectivity index (χ1) is 10.3. The number of phenolic OH excluding ortho intramolecular Hbond substituents is 2. The molecule has 3 nitrogen and oxygen atoms in total. The second-order valence-electron chi connectivity index (χ2n) is 4.94. The Morgan fingerprint density at radius 2 is 0.952 bits per heavy atom. The SMILES string of the molecule is Oc1c2c(c(O)c(-c3ccccc3)c1-c1ccccc1)O2. The van der Waals surface area contributed by atoms with Crippen LogP contribution in [0.5, 0.6) is 23.0 Å². The van der Waals surface area contributed by atoms with E-state index in [1.165, 1.54) is 0 Å². The van der Waals surface area contributed by atoms with E-state index in [9.17, 15) is 10.2 Å². The largest absolute Gasteiger partial charge is 0.504 e. The maximum Gasteiger partial charge on any atom is 0.216 e. The zero-order chi connectivity index (χ0) is 14.4. The summed E-state index contributed by atoms with van der Waals surface area (Å²) in [5, 5.41) is 20.9. The molecule has 3 aromatic rings. The molecule has 0 bridgehead atoms. The van der Waals surface area contributed by atoms with E-state index in [1.807, 2.05) is 60.7 Å². The second-order valence-corrected chi connectivity index (χ2v) is 4.94. The van der Waals surface area contributed by atoms with Crippen LogP contribution in [0.1, 0.15) is 0 Å². The number of fused-ring (bicyclic) bond motifs is 1. The summed E-state index contributed by atoms with van der Waals surface area (Å²) in [6.07, 6.45) is 0. The van der Waals surface area contributed by atoms with Gasteiger partial charge in [-0.1, -0.05) is 60.7 Å². The first-order valence-corrected chi connectivity index (χ1v) is 6.68. The highest BCUT2D eigenvalue weighted by atomic mass is 16.6. The Bertz CT molecular complexity index is 754. The molecule has 21 heavy (non-hydrogen) atoms. The molecule has 0 aromatic heterocycles. The standard InChI is InChI=1S/C18H12O3/c19-15-13(11-7-3-1-4-8-11)14(12-9-5-2-6-10-12)16(20)18-17(15)21-18/h1-10,19-20H. The van der Waals surface area contributed by atoms with Gasteiger partial charge >= 0.3 is 0 Å².